The minimum Gasteiger partial charge on any atom is -0.379 e. The summed E-state index contributed by atoms with van der Waals surface area (Å²) in [4.78, 5) is 8.30. The second kappa shape index (κ2) is 6.44. The van der Waals surface area contributed by atoms with Crippen molar-refractivity contribution in [3.63, 3.8) is 0 Å². The van der Waals surface area contributed by atoms with Crippen molar-refractivity contribution in [2.45, 2.75) is 17.9 Å². The molecule has 0 amide bonds. The average molecular weight is 365 g/mol. The molecule has 0 saturated carbocycles. The quantitative estimate of drug-likeness (QED) is 0.829. The van der Waals surface area contributed by atoms with Crippen molar-refractivity contribution in [2.75, 3.05) is 37.7 Å². The fourth-order valence-corrected chi connectivity index (χ4v) is 5.34. The molecule has 1 saturated heterocycles. The van der Waals surface area contributed by atoms with E-state index in [0.29, 0.717) is 26.3 Å². The zero-order valence-corrected chi connectivity index (χ0v) is 14.9. The molecule has 1 fully saturated rings. The lowest BCUT2D eigenvalue weighted by Gasteiger charge is -2.28. The third kappa shape index (κ3) is 2.95. The summed E-state index contributed by atoms with van der Waals surface area (Å²) in [5, 5.41) is 2.12. The lowest BCUT2D eigenvalue weighted by atomic mass is 10.1. The molecule has 6 nitrogen and oxygen atoms in total. The number of thiophene rings is 1. The number of nitrogens with zero attached hydrogens (tertiary/aromatic N) is 3. The minimum absolute atomic E-state index is 0.251. The molecule has 2 aromatic rings. The highest BCUT2D eigenvalue weighted by molar-refractivity contribution is 7.89. The molecular formula is C16H19N3O3S2. The molecule has 0 aliphatic carbocycles. The van der Waals surface area contributed by atoms with Crippen LogP contribution in [0.15, 0.2) is 34.7 Å². The van der Waals surface area contributed by atoms with Crippen LogP contribution in [0.5, 0.6) is 0 Å². The van der Waals surface area contributed by atoms with Crippen molar-refractivity contribution < 1.29 is 13.2 Å². The van der Waals surface area contributed by atoms with Gasteiger partial charge in [-0.05, 0) is 35.6 Å². The van der Waals surface area contributed by atoms with E-state index in [0.717, 1.165) is 25.3 Å². The van der Waals surface area contributed by atoms with Crippen LogP contribution in [0.1, 0.15) is 10.4 Å². The largest absolute Gasteiger partial charge is 0.379 e. The Morgan fingerprint density at radius 1 is 1.12 bits per heavy atom. The number of sulfonamides is 1. The van der Waals surface area contributed by atoms with Crippen molar-refractivity contribution in [3.8, 4) is 0 Å². The number of rotatable bonds is 3. The number of aromatic nitrogens is 1. The highest BCUT2D eigenvalue weighted by Gasteiger charge is 2.27. The van der Waals surface area contributed by atoms with E-state index in [1.54, 1.807) is 17.4 Å². The van der Waals surface area contributed by atoms with Crippen LogP contribution in [-0.4, -0.2) is 50.6 Å². The Kier molecular flexibility index (Phi) is 4.29. The van der Waals surface area contributed by atoms with E-state index < -0.39 is 10.0 Å². The molecular weight excluding hydrogens is 346 g/mol. The van der Waals surface area contributed by atoms with Gasteiger partial charge in [-0.1, -0.05) is 0 Å². The fraction of sp³-hybridized carbons (Fsp3) is 0.438. The Labute approximate surface area is 145 Å². The van der Waals surface area contributed by atoms with Crippen LogP contribution in [0, 0.1) is 0 Å². The summed E-state index contributed by atoms with van der Waals surface area (Å²) in [5.74, 6) is 0.827. The second-order valence-corrected chi connectivity index (χ2v) is 8.85. The van der Waals surface area contributed by atoms with Crippen LogP contribution in [0.25, 0.3) is 0 Å². The third-order valence-electron chi connectivity index (χ3n) is 4.46. The zero-order valence-electron chi connectivity index (χ0n) is 13.2. The monoisotopic (exact) mass is 365 g/mol. The highest BCUT2D eigenvalue weighted by Crippen LogP contribution is 2.27. The molecule has 4 rings (SSSR count). The Morgan fingerprint density at radius 3 is 2.71 bits per heavy atom. The van der Waals surface area contributed by atoms with Gasteiger partial charge in [-0.15, -0.1) is 11.3 Å². The summed E-state index contributed by atoms with van der Waals surface area (Å²) in [6.07, 6.45) is 2.49. The van der Waals surface area contributed by atoms with E-state index in [-0.39, 0.29) is 4.90 Å². The smallest absolute Gasteiger partial charge is 0.244 e. The molecule has 0 radical (unpaired) electrons. The molecule has 0 unspecified atom stereocenters. The molecule has 128 valence electrons. The topological polar surface area (TPSA) is 62.7 Å². The van der Waals surface area contributed by atoms with Crippen LogP contribution < -0.4 is 4.90 Å². The number of hydrogen-bond donors (Lipinski definition) is 0. The molecule has 8 heteroatoms. The van der Waals surface area contributed by atoms with Gasteiger partial charge in [0.15, 0.2) is 0 Å². The standard InChI is InChI=1S/C16H19N3O3S2/c20-24(21,19-6-8-22-9-7-19)14-1-2-16(17-11-14)18-5-3-15-13(12-18)4-10-23-15/h1-2,4,10-11H,3,5-9,12H2. The van der Waals surface area contributed by atoms with Crippen molar-refractivity contribution in [1.29, 1.82) is 0 Å². The lowest BCUT2D eigenvalue weighted by molar-refractivity contribution is 0.0730. The van der Waals surface area contributed by atoms with Crippen molar-refractivity contribution in [2.24, 2.45) is 0 Å². The van der Waals surface area contributed by atoms with E-state index in [4.69, 9.17) is 4.74 Å². The van der Waals surface area contributed by atoms with Crippen LogP contribution in [0.2, 0.25) is 0 Å². The first-order chi connectivity index (χ1) is 11.6. The maximum atomic E-state index is 12.6. The summed E-state index contributed by atoms with van der Waals surface area (Å²) >= 11 is 1.80. The van der Waals surface area contributed by atoms with Crippen LogP contribution >= 0.6 is 11.3 Å². The number of hydrogen-bond acceptors (Lipinski definition) is 6. The first kappa shape index (κ1) is 16.0. The fourth-order valence-electron chi connectivity index (χ4n) is 3.09. The number of anilines is 1. The van der Waals surface area contributed by atoms with Gasteiger partial charge in [-0.3, -0.25) is 0 Å². The predicted molar refractivity (Wildman–Crippen MR) is 92.9 cm³/mol. The van der Waals surface area contributed by atoms with Gasteiger partial charge in [0.25, 0.3) is 0 Å². The molecule has 0 N–H and O–H groups in total. The predicted octanol–water partition coefficient (Wildman–Crippen LogP) is 1.73. The van der Waals surface area contributed by atoms with E-state index in [1.165, 1.54) is 20.9 Å². The van der Waals surface area contributed by atoms with Crippen LogP contribution in [0.4, 0.5) is 5.82 Å². The lowest BCUT2D eigenvalue weighted by Crippen LogP contribution is -2.40. The Bertz CT molecular complexity index is 811. The van der Waals surface area contributed by atoms with Crippen LogP contribution in [-0.2, 0) is 27.7 Å². The van der Waals surface area contributed by atoms with Crippen LogP contribution in [0.3, 0.4) is 0 Å². The molecule has 0 aromatic carbocycles. The maximum Gasteiger partial charge on any atom is 0.244 e. The first-order valence-corrected chi connectivity index (χ1v) is 10.3. The van der Waals surface area contributed by atoms with Gasteiger partial charge in [0, 0.05) is 37.3 Å². The molecule has 2 aromatic heterocycles. The van der Waals surface area contributed by atoms with E-state index in [9.17, 15) is 8.42 Å². The third-order valence-corrected chi connectivity index (χ3v) is 7.37. The van der Waals surface area contributed by atoms with Crippen molar-refractivity contribution >= 4 is 27.2 Å². The Balaban J connectivity index is 1.53. The average Bonchev–Trinajstić information content (AvgIpc) is 3.10. The molecule has 0 spiro atoms. The van der Waals surface area contributed by atoms with Gasteiger partial charge in [0.05, 0.1) is 13.2 Å². The van der Waals surface area contributed by atoms with E-state index in [1.807, 2.05) is 6.07 Å². The molecule has 2 aliphatic rings. The van der Waals surface area contributed by atoms with Gasteiger partial charge in [-0.25, -0.2) is 13.4 Å². The number of ether oxygens (including phenoxy) is 1. The summed E-state index contributed by atoms with van der Waals surface area (Å²) < 4.78 is 31.9. The number of pyridine rings is 1. The minimum atomic E-state index is -3.48. The normalized spacial score (nSPS) is 19.2. The molecule has 0 atom stereocenters. The number of morpholine rings is 1. The Morgan fingerprint density at radius 2 is 1.96 bits per heavy atom. The van der Waals surface area contributed by atoms with E-state index >= 15 is 0 Å². The van der Waals surface area contributed by atoms with Gasteiger partial charge >= 0.3 is 0 Å². The van der Waals surface area contributed by atoms with Gasteiger partial charge < -0.3 is 9.64 Å². The summed E-state index contributed by atoms with van der Waals surface area (Å²) in [6.45, 7) is 3.44. The van der Waals surface area contributed by atoms with Gasteiger partial charge in [-0.2, -0.15) is 4.31 Å². The Hall–Kier alpha value is -1.48. The molecule has 2 aliphatic heterocycles. The highest BCUT2D eigenvalue weighted by atomic mass is 32.2. The van der Waals surface area contributed by atoms with Crippen molar-refractivity contribution in [3.05, 3.63) is 40.2 Å². The summed E-state index contributed by atoms with van der Waals surface area (Å²) in [6, 6.07) is 5.63. The first-order valence-electron chi connectivity index (χ1n) is 7.99. The SMILES string of the molecule is O=S(=O)(c1ccc(N2CCc3sccc3C2)nc1)N1CCOCC1. The summed E-state index contributed by atoms with van der Waals surface area (Å²) in [5.41, 5.74) is 1.35. The molecule has 24 heavy (non-hydrogen) atoms. The van der Waals surface area contributed by atoms with E-state index in [2.05, 4.69) is 21.3 Å². The van der Waals surface area contributed by atoms with Gasteiger partial charge in [0.1, 0.15) is 10.7 Å². The molecule has 4 heterocycles. The summed E-state index contributed by atoms with van der Waals surface area (Å²) in [7, 11) is -3.48. The van der Waals surface area contributed by atoms with Crippen molar-refractivity contribution in [1.82, 2.24) is 9.29 Å². The number of fused-ring (bicyclic) bond motifs is 1. The van der Waals surface area contributed by atoms with Gasteiger partial charge in [0.2, 0.25) is 10.0 Å². The maximum absolute atomic E-state index is 12.6. The molecule has 0 bridgehead atoms. The zero-order chi connectivity index (χ0) is 16.6. The second-order valence-electron chi connectivity index (χ2n) is 5.91.